The van der Waals surface area contributed by atoms with Gasteiger partial charge in [-0.3, -0.25) is 0 Å². The highest BCUT2D eigenvalue weighted by molar-refractivity contribution is 5.83. The molecule has 1 atom stereocenters. The Morgan fingerprint density at radius 2 is 2.12 bits per heavy atom. The highest BCUT2D eigenvalue weighted by atomic mass is 16.6. The van der Waals surface area contributed by atoms with Crippen LogP contribution < -0.4 is 0 Å². The second-order valence-electron chi connectivity index (χ2n) is 5.60. The van der Waals surface area contributed by atoms with Gasteiger partial charge in [-0.25, -0.2) is 4.79 Å². The minimum absolute atomic E-state index is 0.178. The molecule has 1 fully saturated rings. The van der Waals surface area contributed by atoms with Crippen molar-refractivity contribution in [2.24, 2.45) is 5.92 Å². The van der Waals surface area contributed by atoms with E-state index in [0.717, 1.165) is 12.8 Å². The molecule has 0 spiro atoms. The number of esters is 1. The third-order valence-corrected chi connectivity index (χ3v) is 3.00. The van der Waals surface area contributed by atoms with Crippen LogP contribution in [0.1, 0.15) is 59.8 Å². The normalized spacial score (nSPS) is 24.5. The molecule has 0 aromatic rings. The molecule has 0 saturated heterocycles. The number of ether oxygens (including phenoxy) is 1. The van der Waals surface area contributed by atoms with Gasteiger partial charge >= 0.3 is 5.97 Å². The highest BCUT2D eigenvalue weighted by Gasteiger charge is 2.20. The summed E-state index contributed by atoms with van der Waals surface area (Å²) < 4.78 is 5.32. The zero-order valence-electron chi connectivity index (χ0n) is 11.0. The Hall–Kier alpha value is -0.790. The predicted octanol–water partition coefficient (Wildman–Crippen LogP) is 3.85. The van der Waals surface area contributed by atoms with Gasteiger partial charge in [0.2, 0.25) is 0 Å². The van der Waals surface area contributed by atoms with Crippen LogP contribution in [0.3, 0.4) is 0 Å². The van der Waals surface area contributed by atoms with Crippen molar-refractivity contribution in [3.05, 3.63) is 11.6 Å². The molecule has 1 aliphatic carbocycles. The third-order valence-electron chi connectivity index (χ3n) is 3.00. The molecular formula is C14H24O2. The maximum Gasteiger partial charge on any atom is 0.331 e. The lowest BCUT2D eigenvalue weighted by Gasteiger charge is -2.25. The Bertz CT molecular complexity index is 271. The number of carbonyl (C=O) groups excluding carboxylic acids is 1. The minimum Gasteiger partial charge on any atom is -0.457 e. The monoisotopic (exact) mass is 224 g/mol. The van der Waals surface area contributed by atoms with Crippen LogP contribution in [0.25, 0.3) is 0 Å². The van der Waals surface area contributed by atoms with Gasteiger partial charge in [-0.1, -0.05) is 18.9 Å². The van der Waals surface area contributed by atoms with E-state index in [0.29, 0.717) is 5.92 Å². The quantitative estimate of drug-likeness (QED) is 0.526. The Balaban J connectivity index is 2.63. The zero-order chi connectivity index (χ0) is 12.2. The summed E-state index contributed by atoms with van der Waals surface area (Å²) in [4.78, 5) is 11.7. The van der Waals surface area contributed by atoms with Crippen LogP contribution in [-0.2, 0) is 9.53 Å². The number of hydrogen-bond donors (Lipinski definition) is 0. The summed E-state index contributed by atoms with van der Waals surface area (Å²) >= 11 is 0. The van der Waals surface area contributed by atoms with E-state index in [4.69, 9.17) is 4.74 Å². The summed E-state index contributed by atoms with van der Waals surface area (Å²) in [5.41, 5.74) is 0.910. The van der Waals surface area contributed by atoms with Crippen molar-refractivity contribution in [3.8, 4) is 0 Å². The van der Waals surface area contributed by atoms with Crippen LogP contribution in [0.15, 0.2) is 11.6 Å². The van der Waals surface area contributed by atoms with Crippen LogP contribution in [0, 0.1) is 5.92 Å². The molecule has 0 radical (unpaired) electrons. The largest absolute Gasteiger partial charge is 0.457 e. The Morgan fingerprint density at radius 3 is 2.69 bits per heavy atom. The second kappa shape index (κ2) is 5.51. The van der Waals surface area contributed by atoms with E-state index < -0.39 is 0 Å². The summed E-state index contributed by atoms with van der Waals surface area (Å²) in [7, 11) is 0. The van der Waals surface area contributed by atoms with Crippen molar-refractivity contribution < 1.29 is 9.53 Å². The van der Waals surface area contributed by atoms with E-state index in [1.807, 2.05) is 20.8 Å². The summed E-state index contributed by atoms with van der Waals surface area (Å²) in [6, 6.07) is 0. The van der Waals surface area contributed by atoms with Crippen molar-refractivity contribution in [2.75, 3.05) is 0 Å². The molecule has 92 valence electrons. The van der Waals surface area contributed by atoms with Gasteiger partial charge in [0.05, 0.1) is 0 Å². The molecule has 0 aromatic heterocycles. The number of carbonyl (C=O) groups is 1. The van der Waals surface area contributed by atoms with Crippen molar-refractivity contribution in [3.63, 3.8) is 0 Å². The summed E-state index contributed by atoms with van der Waals surface area (Å²) in [6.45, 7) is 7.91. The van der Waals surface area contributed by atoms with Gasteiger partial charge < -0.3 is 4.74 Å². The van der Waals surface area contributed by atoms with E-state index in [-0.39, 0.29) is 11.6 Å². The van der Waals surface area contributed by atoms with Gasteiger partial charge in [0.15, 0.2) is 0 Å². The van der Waals surface area contributed by atoms with Crippen LogP contribution >= 0.6 is 0 Å². The topological polar surface area (TPSA) is 26.3 Å². The van der Waals surface area contributed by atoms with Crippen LogP contribution in [0.4, 0.5) is 0 Å². The maximum atomic E-state index is 11.7. The summed E-state index contributed by atoms with van der Waals surface area (Å²) in [6.07, 6.45) is 7.67. The van der Waals surface area contributed by atoms with Gasteiger partial charge in [0.1, 0.15) is 5.60 Å². The lowest BCUT2D eigenvalue weighted by molar-refractivity contribution is -0.148. The molecule has 2 heteroatoms. The standard InChI is InChI=1S/C14H24O2/c1-5-11-8-6-7-9-12(11)10-13(15)16-14(2,3)4/h10-11H,5-9H2,1-4H3/b12-10-. The van der Waals surface area contributed by atoms with Gasteiger partial charge in [0, 0.05) is 6.08 Å². The first kappa shape index (κ1) is 13.3. The van der Waals surface area contributed by atoms with Crippen LogP contribution in [0.5, 0.6) is 0 Å². The summed E-state index contributed by atoms with van der Waals surface area (Å²) in [5, 5.41) is 0. The number of hydrogen-bond acceptors (Lipinski definition) is 2. The average Bonchev–Trinajstić information content (AvgIpc) is 2.15. The molecule has 0 heterocycles. The van der Waals surface area contributed by atoms with Crippen molar-refractivity contribution >= 4 is 5.97 Å². The highest BCUT2D eigenvalue weighted by Crippen LogP contribution is 2.31. The van der Waals surface area contributed by atoms with Crippen LogP contribution in [0.2, 0.25) is 0 Å². The fourth-order valence-corrected chi connectivity index (χ4v) is 2.25. The van der Waals surface area contributed by atoms with E-state index in [2.05, 4.69) is 6.92 Å². The molecule has 0 bridgehead atoms. The molecule has 1 rings (SSSR count). The summed E-state index contributed by atoms with van der Waals surface area (Å²) in [5.74, 6) is 0.420. The second-order valence-corrected chi connectivity index (χ2v) is 5.60. The third kappa shape index (κ3) is 4.38. The molecule has 2 nitrogen and oxygen atoms in total. The van der Waals surface area contributed by atoms with Gasteiger partial charge in [0.25, 0.3) is 0 Å². The Labute approximate surface area is 99.1 Å². The van der Waals surface area contributed by atoms with Crippen molar-refractivity contribution in [2.45, 2.75) is 65.4 Å². The SMILES string of the molecule is CCC1CCCC/C1=C/C(=O)OC(C)(C)C. The molecule has 16 heavy (non-hydrogen) atoms. The number of allylic oxidation sites excluding steroid dienone is 1. The van der Waals surface area contributed by atoms with Gasteiger partial charge in [-0.2, -0.15) is 0 Å². The lowest BCUT2D eigenvalue weighted by atomic mass is 9.82. The Morgan fingerprint density at radius 1 is 1.44 bits per heavy atom. The predicted molar refractivity (Wildman–Crippen MR) is 66.2 cm³/mol. The molecule has 1 aliphatic rings. The lowest BCUT2D eigenvalue weighted by Crippen LogP contribution is -2.23. The maximum absolute atomic E-state index is 11.7. The molecular weight excluding hydrogens is 200 g/mol. The molecule has 1 unspecified atom stereocenters. The van der Waals surface area contributed by atoms with Gasteiger partial charge in [-0.05, 0) is 52.4 Å². The average molecular weight is 224 g/mol. The molecule has 0 N–H and O–H groups in total. The fourth-order valence-electron chi connectivity index (χ4n) is 2.25. The molecule has 0 amide bonds. The van der Waals surface area contributed by atoms with E-state index in [9.17, 15) is 4.79 Å². The first-order valence-corrected chi connectivity index (χ1v) is 6.36. The minimum atomic E-state index is -0.384. The number of rotatable bonds is 2. The first-order chi connectivity index (χ1) is 7.42. The van der Waals surface area contributed by atoms with E-state index in [1.165, 1.54) is 24.8 Å². The fraction of sp³-hybridized carbons (Fsp3) is 0.786. The first-order valence-electron chi connectivity index (χ1n) is 6.36. The molecule has 0 aromatic carbocycles. The van der Waals surface area contributed by atoms with Gasteiger partial charge in [-0.15, -0.1) is 0 Å². The smallest absolute Gasteiger partial charge is 0.331 e. The molecule has 1 saturated carbocycles. The van der Waals surface area contributed by atoms with Crippen molar-refractivity contribution in [1.82, 2.24) is 0 Å². The van der Waals surface area contributed by atoms with E-state index >= 15 is 0 Å². The van der Waals surface area contributed by atoms with Crippen molar-refractivity contribution in [1.29, 1.82) is 0 Å². The Kier molecular flexibility index (Phi) is 4.57. The van der Waals surface area contributed by atoms with E-state index in [1.54, 1.807) is 6.08 Å². The zero-order valence-corrected chi connectivity index (χ0v) is 11.0. The van der Waals surface area contributed by atoms with Crippen LogP contribution in [-0.4, -0.2) is 11.6 Å². The molecule has 0 aliphatic heterocycles.